The average molecular weight is 869 g/mol. The second kappa shape index (κ2) is 16.4. The normalized spacial score (nSPS) is 11.5. The molecule has 0 aliphatic rings. The van der Waals surface area contributed by atoms with E-state index in [9.17, 15) is 0 Å². The summed E-state index contributed by atoms with van der Waals surface area (Å²) in [5.74, 6) is 1.79. The van der Waals surface area contributed by atoms with Crippen molar-refractivity contribution in [2.24, 2.45) is 0 Å². The maximum atomic E-state index is 6.87. The van der Waals surface area contributed by atoms with Gasteiger partial charge in [0.05, 0.1) is 11.0 Å². The van der Waals surface area contributed by atoms with Crippen molar-refractivity contribution in [2.75, 3.05) is 0 Å². The molecule has 318 valence electrons. The molecule has 0 spiro atoms. The summed E-state index contributed by atoms with van der Waals surface area (Å²) >= 11 is 0. The van der Waals surface area contributed by atoms with Crippen LogP contribution in [0.5, 0.6) is 0 Å². The third-order valence-corrected chi connectivity index (χ3v) is 13.1. The SMILES string of the molecule is c1ccc(-c2ccc(-c3ccccc3)c(-c3ccc(-c4ccc5c(c4)oc4cc6c(cc45)c4ccccc4n6-c4ccccc4)c(-c4nc(-c5ccccc5)nc(-c5ccccc5)n4)c3)c2)cc1. The largest absolute Gasteiger partial charge is 0.456 e. The van der Waals surface area contributed by atoms with Crippen molar-refractivity contribution >= 4 is 43.7 Å². The topological polar surface area (TPSA) is 56.7 Å². The smallest absolute Gasteiger partial charge is 0.164 e. The number of benzene rings is 10. The highest BCUT2D eigenvalue weighted by Gasteiger charge is 2.21. The van der Waals surface area contributed by atoms with Crippen LogP contribution in [0.4, 0.5) is 0 Å². The molecule has 0 unspecified atom stereocenters. The summed E-state index contributed by atoms with van der Waals surface area (Å²) in [6.45, 7) is 0. The van der Waals surface area contributed by atoms with E-state index in [4.69, 9.17) is 19.4 Å². The van der Waals surface area contributed by atoms with Crippen LogP contribution in [0.1, 0.15) is 0 Å². The Kier molecular flexibility index (Phi) is 9.43. The van der Waals surface area contributed by atoms with E-state index >= 15 is 0 Å². The maximum absolute atomic E-state index is 6.87. The number of rotatable bonds is 8. The van der Waals surface area contributed by atoms with Crippen LogP contribution in [0.3, 0.4) is 0 Å². The van der Waals surface area contributed by atoms with Gasteiger partial charge in [-0.05, 0) is 93.0 Å². The summed E-state index contributed by atoms with van der Waals surface area (Å²) < 4.78 is 9.20. The molecular formula is C63H40N4O. The first kappa shape index (κ1) is 39.2. The lowest BCUT2D eigenvalue weighted by Crippen LogP contribution is -2.01. The van der Waals surface area contributed by atoms with Crippen LogP contribution in [-0.2, 0) is 0 Å². The molecule has 0 atom stereocenters. The van der Waals surface area contributed by atoms with E-state index in [0.29, 0.717) is 17.5 Å². The Bertz CT molecular complexity index is 3940. The van der Waals surface area contributed by atoms with Gasteiger partial charge in [-0.15, -0.1) is 0 Å². The quantitative estimate of drug-likeness (QED) is 0.153. The van der Waals surface area contributed by atoms with Gasteiger partial charge in [-0.1, -0.05) is 188 Å². The van der Waals surface area contributed by atoms with Gasteiger partial charge in [0.1, 0.15) is 11.2 Å². The van der Waals surface area contributed by atoms with Gasteiger partial charge in [-0.3, -0.25) is 0 Å². The van der Waals surface area contributed by atoms with Crippen molar-refractivity contribution in [1.82, 2.24) is 19.5 Å². The molecule has 0 amide bonds. The van der Waals surface area contributed by atoms with Crippen molar-refractivity contribution < 1.29 is 4.42 Å². The molecule has 0 fully saturated rings. The van der Waals surface area contributed by atoms with Gasteiger partial charge in [0.25, 0.3) is 0 Å². The Morgan fingerprint density at radius 3 is 1.44 bits per heavy atom. The number of nitrogens with zero attached hydrogens (tertiary/aromatic N) is 4. The van der Waals surface area contributed by atoms with E-state index in [0.717, 1.165) is 99.9 Å². The molecule has 10 aromatic carbocycles. The van der Waals surface area contributed by atoms with Crippen LogP contribution in [0, 0.1) is 0 Å². The minimum absolute atomic E-state index is 0.579. The van der Waals surface area contributed by atoms with Crippen LogP contribution in [-0.4, -0.2) is 19.5 Å². The highest BCUT2D eigenvalue weighted by Crippen LogP contribution is 2.43. The Hall–Kier alpha value is -9.19. The van der Waals surface area contributed by atoms with Crippen LogP contribution in [0.25, 0.3) is 128 Å². The van der Waals surface area contributed by atoms with Crippen molar-refractivity contribution in [1.29, 1.82) is 0 Å². The van der Waals surface area contributed by atoms with E-state index in [-0.39, 0.29) is 0 Å². The van der Waals surface area contributed by atoms with Gasteiger partial charge in [0.2, 0.25) is 0 Å². The third-order valence-electron chi connectivity index (χ3n) is 13.1. The molecule has 0 bridgehead atoms. The Labute approximate surface area is 392 Å². The predicted molar refractivity (Wildman–Crippen MR) is 279 cm³/mol. The number of hydrogen-bond donors (Lipinski definition) is 0. The first-order valence-electron chi connectivity index (χ1n) is 22.9. The number of fused-ring (bicyclic) bond motifs is 6. The van der Waals surface area contributed by atoms with E-state index in [1.165, 1.54) is 10.8 Å². The molecule has 13 rings (SSSR count). The summed E-state index contributed by atoms with van der Waals surface area (Å²) in [6.07, 6.45) is 0. The molecule has 68 heavy (non-hydrogen) atoms. The molecule has 0 saturated carbocycles. The summed E-state index contributed by atoms with van der Waals surface area (Å²) in [5, 5.41) is 4.53. The van der Waals surface area contributed by atoms with Crippen LogP contribution in [0.15, 0.2) is 247 Å². The monoisotopic (exact) mass is 868 g/mol. The van der Waals surface area contributed by atoms with Crippen molar-refractivity contribution in [3.8, 4) is 84.4 Å². The molecule has 5 nitrogen and oxygen atoms in total. The summed E-state index contributed by atoms with van der Waals surface area (Å²) in [6, 6.07) is 85.2. The Morgan fingerprint density at radius 2 is 0.765 bits per heavy atom. The molecule has 0 N–H and O–H groups in total. The zero-order valence-corrected chi connectivity index (χ0v) is 36.8. The number of aromatic nitrogens is 4. The van der Waals surface area contributed by atoms with Gasteiger partial charge in [0, 0.05) is 50.0 Å². The van der Waals surface area contributed by atoms with Gasteiger partial charge >= 0.3 is 0 Å². The molecule has 3 heterocycles. The van der Waals surface area contributed by atoms with E-state index < -0.39 is 0 Å². The highest BCUT2D eigenvalue weighted by atomic mass is 16.3. The molecule has 5 heteroatoms. The van der Waals surface area contributed by atoms with Crippen molar-refractivity contribution in [3.05, 3.63) is 243 Å². The lowest BCUT2D eigenvalue weighted by atomic mass is 9.88. The molecule has 0 aliphatic carbocycles. The summed E-state index contributed by atoms with van der Waals surface area (Å²) in [5.41, 5.74) is 16.4. The second-order valence-electron chi connectivity index (χ2n) is 17.2. The van der Waals surface area contributed by atoms with Crippen LogP contribution < -0.4 is 0 Å². The zero-order valence-electron chi connectivity index (χ0n) is 36.8. The van der Waals surface area contributed by atoms with Crippen molar-refractivity contribution in [2.45, 2.75) is 0 Å². The zero-order chi connectivity index (χ0) is 45.0. The van der Waals surface area contributed by atoms with Crippen LogP contribution >= 0.6 is 0 Å². The molecule has 3 aromatic heterocycles. The number of para-hydroxylation sites is 2. The van der Waals surface area contributed by atoms with Gasteiger partial charge in [-0.2, -0.15) is 0 Å². The predicted octanol–water partition coefficient (Wildman–Crippen LogP) is 16.5. The summed E-state index contributed by atoms with van der Waals surface area (Å²) in [4.78, 5) is 15.7. The fourth-order valence-electron chi connectivity index (χ4n) is 9.80. The standard InChI is InChI=1S/C63H40N4O/c1-6-18-41(19-7-1)45-30-33-49(42-20-8-2-9-21-42)53(36-45)46-31-34-50(56(37-46)63-65-61(43-22-10-3-11-23-43)64-62(66-63)44-24-12-4-13-25-44)47-32-35-52-55-39-54-51-28-16-17-29-57(51)67(48-26-14-5-15-27-48)58(54)40-60(55)68-59(52)38-47/h1-40H. The second-order valence-corrected chi connectivity index (χ2v) is 17.2. The molecule has 0 aliphatic heterocycles. The number of hydrogen-bond acceptors (Lipinski definition) is 4. The Balaban J connectivity index is 1.04. The third kappa shape index (κ3) is 6.84. The molecule has 13 aromatic rings. The average Bonchev–Trinajstić information content (AvgIpc) is 3.95. The molecular weight excluding hydrogens is 829 g/mol. The molecule has 0 saturated heterocycles. The number of furan rings is 1. The lowest BCUT2D eigenvalue weighted by Gasteiger charge is -2.17. The van der Waals surface area contributed by atoms with E-state index in [1.807, 2.05) is 36.4 Å². The highest BCUT2D eigenvalue weighted by molar-refractivity contribution is 6.17. The Morgan fingerprint density at radius 1 is 0.265 bits per heavy atom. The fraction of sp³-hybridized carbons (Fsp3) is 0. The maximum Gasteiger partial charge on any atom is 0.164 e. The fourth-order valence-corrected chi connectivity index (χ4v) is 9.80. The lowest BCUT2D eigenvalue weighted by molar-refractivity contribution is 0.669. The summed E-state index contributed by atoms with van der Waals surface area (Å²) in [7, 11) is 0. The van der Waals surface area contributed by atoms with Crippen molar-refractivity contribution in [3.63, 3.8) is 0 Å². The minimum Gasteiger partial charge on any atom is -0.456 e. The van der Waals surface area contributed by atoms with Gasteiger partial charge in [0.15, 0.2) is 17.5 Å². The van der Waals surface area contributed by atoms with Gasteiger partial charge < -0.3 is 8.98 Å². The van der Waals surface area contributed by atoms with E-state index in [2.05, 4.69) is 211 Å². The minimum atomic E-state index is 0.579. The first-order chi connectivity index (χ1) is 33.7. The van der Waals surface area contributed by atoms with Crippen LogP contribution in [0.2, 0.25) is 0 Å². The van der Waals surface area contributed by atoms with E-state index in [1.54, 1.807) is 0 Å². The van der Waals surface area contributed by atoms with Gasteiger partial charge in [-0.25, -0.2) is 15.0 Å². The first-order valence-corrected chi connectivity index (χ1v) is 22.9. The molecule has 0 radical (unpaired) electrons.